The summed E-state index contributed by atoms with van der Waals surface area (Å²) in [7, 11) is 0. The van der Waals surface area contributed by atoms with Crippen molar-refractivity contribution in [2.45, 2.75) is 19.4 Å². The van der Waals surface area contributed by atoms with Crippen molar-refractivity contribution in [3.8, 4) is 11.5 Å². The Morgan fingerprint density at radius 2 is 1.77 bits per heavy atom. The zero-order chi connectivity index (χ0) is 15.9. The summed E-state index contributed by atoms with van der Waals surface area (Å²) >= 11 is 0. The summed E-state index contributed by atoms with van der Waals surface area (Å²) in [5.74, 6) is 0.648. The first-order chi connectivity index (χ1) is 10.5. The fourth-order valence-electron chi connectivity index (χ4n) is 1.87. The number of nitrogens with one attached hydrogen (secondary N) is 1. The molecule has 22 heavy (non-hydrogen) atoms. The van der Waals surface area contributed by atoms with Gasteiger partial charge in [0.05, 0.1) is 19.1 Å². The SMILES string of the molecule is CC(O)c1ccc(OCCC(=O)Nc2ccc(O)cc2)cc1. The van der Waals surface area contributed by atoms with Crippen molar-refractivity contribution in [1.82, 2.24) is 0 Å². The number of phenolic OH excluding ortho intramolecular Hbond substituents is 1. The number of aliphatic hydroxyl groups excluding tert-OH is 1. The van der Waals surface area contributed by atoms with E-state index in [4.69, 9.17) is 9.84 Å². The van der Waals surface area contributed by atoms with Crippen LogP contribution >= 0.6 is 0 Å². The number of amides is 1. The molecule has 0 radical (unpaired) electrons. The number of benzene rings is 2. The maximum Gasteiger partial charge on any atom is 0.227 e. The summed E-state index contributed by atoms with van der Waals surface area (Å²) in [5, 5.41) is 21.3. The van der Waals surface area contributed by atoms with Gasteiger partial charge in [-0.1, -0.05) is 12.1 Å². The van der Waals surface area contributed by atoms with Crippen LogP contribution in [0.2, 0.25) is 0 Å². The standard InChI is InChI=1S/C17H19NO4/c1-12(19)13-2-8-16(9-3-13)22-11-10-17(21)18-14-4-6-15(20)7-5-14/h2-9,12,19-20H,10-11H2,1H3,(H,18,21). The summed E-state index contributed by atoms with van der Waals surface area (Å²) in [6, 6.07) is 13.4. The van der Waals surface area contributed by atoms with Crippen LogP contribution in [-0.2, 0) is 4.79 Å². The van der Waals surface area contributed by atoms with E-state index in [-0.39, 0.29) is 24.7 Å². The van der Waals surface area contributed by atoms with Gasteiger partial charge in [-0.2, -0.15) is 0 Å². The Hall–Kier alpha value is -2.53. The Morgan fingerprint density at radius 3 is 2.36 bits per heavy atom. The van der Waals surface area contributed by atoms with Gasteiger partial charge in [-0.3, -0.25) is 4.79 Å². The molecule has 1 atom stereocenters. The molecule has 0 saturated heterocycles. The Labute approximate surface area is 129 Å². The maximum atomic E-state index is 11.7. The fourth-order valence-corrected chi connectivity index (χ4v) is 1.87. The van der Waals surface area contributed by atoms with Crippen molar-refractivity contribution in [1.29, 1.82) is 0 Å². The molecule has 1 unspecified atom stereocenters. The average Bonchev–Trinajstić information content (AvgIpc) is 2.50. The van der Waals surface area contributed by atoms with Crippen LogP contribution in [0.3, 0.4) is 0 Å². The minimum Gasteiger partial charge on any atom is -0.508 e. The molecule has 3 N–H and O–H groups in total. The van der Waals surface area contributed by atoms with Gasteiger partial charge in [0, 0.05) is 5.69 Å². The quantitative estimate of drug-likeness (QED) is 0.717. The van der Waals surface area contributed by atoms with Gasteiger partial charge in [0.2, 0.25) is 5.91 Å². The van der Waals surface area contributed by atoms with E-state index < -0.39 is 6.10 Å². The molecule has 1 amide bonds. The molecule has 0 saturated carbocycles. The largest absolute Gasteiger partial charge is 0.508 e. The van der Waals surface area contributed by atoms with E-state index in [0.29, 0.717) is 11.4 Å². The molecule has 0 bridgehead atoms. The number of carbonyl (C=O) groups excluding carboxylic acids is 1. The monoisotopic (exact) mass is 301 g/mol. The van der Waals surface area contributed by atoms with E-state index in [1.165, 1.54) is 12.1 Å². The van der Waals surface area contributed by atoms with Crippen molar-refractivity contribution in [2.24, 2.45) is 0 Å². The lowest BCUT2D eigenvalue weighted by Gasteiger charge is -2.09. The molecule has 5 heteroatoms. The molecule has 0 spiro atoms. The summed E-state index contributed by atoms with van der Waals surface area (Å²) in [6.45, 7) is 1.96. The molecule has 2 aromatic carbocycles. The predicted octanol–water partition coefficient (Wildman–Crippen LogP) is 2.85. The Morgan fingerprint density at radius 1 is 1.14 bits per heavy atom. The van der Waals surface area contributed by atoms with Gasteiger partial charge in [-0.25, -0.2) is 0 Å². The van der Waals surface area contributed by atoms with Crippen LogP contribution in [0, 0.1) is 0 Å². The molecule has 2 rings (SSSR count). The second kappa shape index (κ2) is 7.47. The molecule has 116 valence electrons. The van der Waals surface area contributed by atoms with Gasteiger partial charge in [-0.15, -0.1) is 0 Å². The predicted molar refractivity (Wildman–Crippen MR) is 83.9 cm³/mol. The van der Waals surface area contributed by atoms with Crippen LogP contribution in [0.5, 0.6) is 11.5 Å². The van der Waals surface area contributed by atoms with Gasteiger partial charge in [0.15, 0.2) is 0 Å². The first kappa shape index (κ1) is 15.9. The number of phenols is 1. The number of carbonyl (C=O) groups is 1. The molecule has 0 aliphatic heterocycles. The first-order valence-electron chi connectivity index (χ1n) is 7.04. The van der Waals surface area contributed by atoms with Crippen molar-refractivity contribution in [3.63, 3.8) is 0 Å². The highest BCUT2D eigenvalue weighted by Gasteiger charge is 2.04. The summed E-state index contributed by atoms with van der Waals surface area (Å²) in [5.41, 5.74) is 1.45. The topological polar surface area (TPSA) is 78.8 Å². The van der Waals surface area contributed by atoms with Crippen LogP contribution in [-0.4, -0.2) is 22.7 Å². The number of hydrogen-bond acceptors (Lipinski definition) is 4. The Kier molecular flexibility index (Phi) is 5.38. The van der Waals surface area contributed by atoms with Crippen molar-refractivity contribution >= 4 is 11.6 Å². The fraction of sp³-hybridized carbons (Fsp3) is 0.235. The van der Waals surface area contributed by atoms with Gasteiger partial charge in [0.25, 0.3) is 0 Å². The number of rotatable bonds is 6. The third-order valence-corrected chi connectivity index (χ3v) is 3.11. The minimum absolute atomic E-state index is 0.155. The highest BCUT2D eigenvalue weighted by Crippen LogP contribution is 2.17. The van der Waals surface area contributed by atoms with Crippen molar-refractivity contribution in [3.05, 3.63) is 54.1 Å². The number of aliphatic hydroxyl groups is 1. The maximum absolute atomic E-state index is 11.7. The molecule has 5 nitrogen and oxygen atoms in total. The van der Waals surface area contributed by atoms with E-state index in [2.05, 4.69) is 5.32 Å². The molecule has 0 fully saturated rings. The van der Waals surface area contributed by atoms with Crippen molar-refractivity contribution < 1.29 is 19.7 Å². The van der Waals surface area contributed by atoms with E-state index in [0.717, 1.165) is 5.56 Å². The second-order valence-corrected chi connectivity index (χ2v) is 4.94. The zero-order valence-corrected chi connectivity index (χ0v) is 12.3. The minimum atomic E-state index is -0.509. The molecular formula is C17H19NO4. The van der Waals surface area contributed by atoms with E-state index >= 15 is 0 Å². The van der Waals surface area contributed by atoms with Gasteiger partial charge < -0.3 is 20.3 Å². The first-order valence-corrected chi connectivity index (χ1v) is 7.04. The normalized spacial score (nSPS) is 11.7. The van der Waals surface area contributed by atoms with Crippen LogP contribution in [0.15, 0.2) is 48.5 Å². The second-order valence-electron chi connectivity index (χ2n) is 4.94. The molecule has 0 heterocycles. The Bertz CT molecular complexity index is 606. The number of ether oxygens (including phenoxy) is 1. The van der Waals surface area contributed by atoms with Gasteiger partial charge >= 0.3 is 0 Å². The zero-order valence-electron chi connectivity index (χ0n) is 12.3. The molecule has 0 aromatic heterocycles. The number of hydrogen-bond donors (Lipinski definition) is 3. The molecular weight excluding hydrogens is 282 g/mol. The van der Waals surface area contributed by atoms with Crippen LogP contribution < -0.4 is 10.1 Å². The van der Waals surface area contributed by atoms with E-state index in [9.17, 15) is 9.90 Å². The van der Waals surface area contributed by atoms with E-state index in [1.54, 1.807) is 43.3 Å². The lowest BCUT2D eigenvalue weighted by atomic mass is 10.1. The lowest BCUT2D eigenvalue weighted by Crippen LogP contribution is -2.15. The van der Waals surface area contributed by atoms with E-state index in [1.807, 2.05) is 0 Å². The van der Waals surface area contributed by atoms with Crippen molar-refractivity contribution in [2.75, 3.05) is 11.9 Å². The Balaban J connectivity index is 1.75. The highest BCUT2D eigenvalue weighted by atomic mass is 16.5. The van der Waals surface area contributed by atoms with Gasteiger partial charge in [-0.05, 0) is 48.9 Å². The third-order valence-electron chi connectivity index (χ3n) is 3.11. The molecule has 2 aromatic rings. The molecule has 0 aliphatic carbocycles. The number of anilines is 1. The smallest absolute Gasteiger partial charge is 0.227 e. The molecule has 0 aliphatic rings. The van der Waals surface area contributed by atoms with Crippen LogP contribution in [0.25, 0.3) is 0 Å². The summed E-state index contributed by atoms with van der Waals surface area (Å²) in [6.07, 6.45) is -0.288. The third kappa shape index (κ3) is 4.79. The average molecular weight is 301 g/mol. The number of aromatic hydroxyl groups is 1. The van der Waals surface area contributed by atoms with Gasteiger partial charge in [0.1, 0.15) is 11.5 Å². The summed E-state index contributed by atoms with van der Waals surface area (Å²) in [4.78, 5) is 11.7. The lowest BCUT2D eigenvalue weighted by molar-refractivity contribution is -0.116. The van der Waals surface area contributed by atoms with Crippen LogP contribution in [0.1, 0.15) is 25.0 Å². The summed E-state index contributed by atoms with van der Waals surface area (Å²) < 4.78 is 5.49. The van der Waals surface area contributed by atoms with Crippen LogP contribution in [0.4, 0.5) is 5.69 Å². The highest BCUT2D eigenvalue weighted by molar-refractivity contribution is 5.90.